The van der Waals surface area contributed by atoms with Crippen molar-refractivity contribution in [3.63, 3.8) is 0 Å². The summed E-state index contributed by atoms with van der Waals surface area (Å²) < 4.78 is 12.6. The second kappa shape index (κ2) is 5.53. The van der Waals surface area contributed by atoms with Gasteiger partial charge in [-0.05, 0) is 0 Å². The lowest BCUT2D eigenvalue weighted by Gasteiger charge is -2.19. The number of rotatable bonds is 4. The van der Waals surface area contributed by atoms with Crippen LogP contribution in [0, 0.1) is 0 Å². The van der Waals surface area contributed by atoms with Crippen LogP contribution >= 0.6 is 0 Å². The van der Waals surface area contributed by atoms with E-state index in [2.05, 4.69) is 20.3 Å². The highest BCUT2D eigenvalue weighted by molar-refractivity contribution is 5.82. The van der Waals surface area contributed by atoms with Crippen LogP contribution in [0.25, 0.3) is 11.2 Å². The molecule has 0 amide bonds. The van der Waals surface area contributed by atoms with E-state index >= 15 is 0 Å². The zero-order valence-electron chi connectivity index (χ0n) is 11.7. The maximum atomic E-state index is 10.1. The summed E-state index contributed by atoms with van der Waals surface area (Å²) >= 11 is 0. The largest absolute Gasteiger partial charge is 0.394 e. The highest BCUT2D eigenvalue weighted by atomic mass is 16.6. The molecule has 9 nitrogen and oxygen atoms in total. The molecule has 2 aromatic heterocycles. The monoisotopic (exact) mass is 295 g/mol. The fraction of sp³-hybridized carbons (Fsp3) is 0.583. The third-order valence-electron chi connectivity index (χ3n) is 3.63. The van der Waals surface area contributed by atoms with Crippen LogP contribution in [0.1, 0.15) is 6.23 Å². The van der Waals surface area contributed by atoms with Gasteiger partial charge < -0.3 is 25.0 Å². The van der Waals surface area contributed by atoms with E-state index in [0.717, 1.165) is 0 Å². The number of nitrogens with one attached hydrogen (secondary N) is 1. The molecule has 3 N–H and O–H groups in total. The predicted molar refractivity (Wildman–Crippen MR) is 72.7 cm³/mol. The number of methoxy groups -OCH3 is 1. The number of ether oxygens (including phenoxy) is 2. The maximum Gasteiger partial charge on any atom is 0.167 e. The Morgan fingerprint density at radius 1 is 1.43 bits per heavy atom. The Bertz CT molecular complexity index is 633. The quantitative estimate of drug-likeness (QED) is 0.667. The molecular weight excluding hydrogens is 278 g/mol. The Morgan fingerprint density at radius 3 is 2.90 bits per heavy atom. The summed E-state index contributed by atoms with van der Waals surface area (Å²) in [7, 11) is 3.23. The Balaban J connectivity index is 2.04. The van der Waals surface area contributed by atoms with Gasteiger partial charge >= 0.3 is 0 Å². The van der Waals surface area contributed by atoms with Gasteiger partial charge in [-0.2, -0.15) is 0 Å². The van der Waals surface area contributed by atoms with Gasteiger partial charge in [0.25, 0.3) is 0 Å². The van der Waals surface area contributed by atoms with E-state index in [1.807, 2.05) is 0 Å². The van der Waals surface area contributed by atoms with Crippen molar-refractivity contribution in [1.29, 1.82) is 0 Å². The van der Waals surface area contributed by atoms with Gasteiger partial charge in [0.1, 0.15) is 30.2 Å². The van der Waals surface area contributed by atoms with Gasteiger partial charge in [-0.1, -0.05) is 0 Å². The molecule has 9 heteroatoms. The second-order valence-corrected chi connectivity index (χ2v) is 4.73. The normalized spacial score (nSPS) is 29.1. The van der Waals surface area contributed by atoms with E-state index < -0.39 is 24.5 Å². The Kier molecular flexibility index (Phi) is 3.72. The molecule has 1 aliphatic heterocycles. The topological polar surface area (TPSA) is 115 Å². The molecule has 114 valence electrons. The van der Waals surface area contributed by atoms with E-state index in [1.165, 1.54) is 13.4 Å². The Labute approximate surface area is 120 Å². The molecule has 0 spiro atoms. The van der Waals surface area contributed by atoms with E-state index in [4.69, 9.17) is 9.47 Å². The fourth-order valence-corrected chi connectivity index (χ4v) is 2.57. The van der Waals surface area contributed by atoms with E-state index in [-0.39, 0.29) is 6.61 Å². The molecule has 0 unspecified atom stereocenters. The Hall–Kier alpha value is -1.81. The lowest BCUT2D eigenvalue weighted by molar-refractivity contribution is -0.0583. The summed E-state index contributed by atoms with van der Waals surface area (Å²) in [5, 5.41) is 22.3. The van der Waals surface area contributed by atoms with Crippen LogP contribution in [-0.4, -0.2) is 68.8 Å². The summed E-state index contributed by atoms with van der Waals surface area (Å²) in [6.07, 6.45) is 0.113. The van der Waals surface area contributed by atoms with Gasteiger partial charge in [-0.3, -0.25) is 4.57 Å². The molecule has 0 bridgehead atoms. The first kappa shape index (κ1) is 14.1. The van der Waals surface area contributed by atoms with Crippen LogP contribution in [0.2, 0.25) is 0 Å². The summed E-state index contributed by atoms with van der Waals surface area (Å²) in [5.74, 6) is 0.602. The molecule has 1 aliphatic rings. The molecule has 3 heterocycles. The number of nitrogens with zero attached hydrogens (tertiary/aromatic N) is 4. The van der Waals surface area contributed by atoms with Crippen molar-refractivity contribution in [2.24, 2.45) is 0 Å². The number of anilines is 1. The first-order valence-corrected chi connectivity index (χ1v) is 6.53. The van der Waals surface area contributed by atoms with E-state index in [0.29, 0.717) is 17.0 Å². The minimum Gasteiger partial charge on any atom is -0.394 e. The van der Waals surface area contributed by atoms with Gasteiger partial charge in [0.05, 0.1) is 12.9 Å². The molecule has 0 aliphatic carbocycles. The number of aliphatic hydroxyl groups excluding tert-OH is 2. The van der Waals surface area contributed by atoms with E-state index in [9.17, 15) is 10.2 Å². The fourth-order valence-electron chi connectivity index (χ4n) is 2.57. The minimum atomic E-state index is -0.923. The molecule has 3 rings (SSSR count). The SMILES string of the molecule is CNc1ncnc2c1ncn2[C@@H]1O[C@H](CO)[C@H](O)[C@H]1OC. The molecule has 0 radical (unpaired) electrons. The number of hydrogen-bond donors (Lipinski definition) is 3. The van der Waals surface area contributed by atoms with Gasteiger partial charge in [0.15, 0.2) is 17.7 Å². The second-order valence-electron chi connectivity index (χ2n) is 4.73. The molecule has 0 aromatic carbocycles. The Morgan fingerprint density at radius 2 is 2.24 bits per heavy atom. The summed E-state index contributed by atoms with van der Waals surface area (Å²) in [6, 6.07) is 0. The smallest absolute Gasteiger partial charge is 0.167 e. The van der Waals surface area contributed by atoms with Crippen molar-refractivity contribution >= 4 is 17.0 Å². The van der Waals surface area contributed by atoms with Gasteiger partial charge in [-0.25, -0.2) is 15.0 Å². The molecule has 0 saturated carbocycles. The van der Waals surface area contributed by atoms with Crippen LogP contribution in [0.3, 0.4) is 0 Å². The van der Waals surface area contributed by atoms with Crippen molar-refractivity contribution in [2.75, 3.05) is 26.1 Å². The number of hydrogen-bond acceptors (Lipinski definition) is 8. The van der Waals surface area contributed by atoms with Crippen LogP contribution < -0.4 is 5.32 Å². The summed E-state index contributed by atoms with van der Waals surface area (Å²) in [4.78, 5) is 12.6. The number of aromatic nitrogens is 4. The van der Waals surface area contributed by atoms with Crippen molar-refractivity contribution < 1.29 is 19.7 Å². The van der Waals surface area contributed by atoms with Gasteiger partial charge in [-0.15, -0.1) is 0 Å². The highest BCUT2D eigenvalue weighted by Crippen LogP contribution is 2.33. The van der Waals surface area contributed by atoms with Gasteiger partial charge in [0.2, 0.25) is 0 Å². The first-order chi connectivity index (χ1) is 10.2. The van der Waals surface area contributed by atoms with Crippen LogP contribution in [-0.2, 0) is 9.47 Å². The van der Waals surface area contributed by atoms with Crippen molar-refractivity contribution in [3.05, 3.63) is 12.7 Å². The summed E-state index contributed by atoms with van der Waals surface area (Å²) in [5.41, 5.74) is 1.16. The number of imidazole rings is 1. The summed E-state index contributed by atoms with van der Waals surface area (Å²) in [6.45, 7) is -0.291. The first-order valence-electron chi connectivity index (χ1n) is 6.53. The lowest BCUT2D eigenvalue weighted by Crippen LogP contribution is -2.34. The van der Waals surface area contributed by atoms with Gasteiger partial charge in [0, 0.05) is 14.2 Å². The van der Waals surface area contributed by atoms with Crippen molar-refractivity contribution in [1.82, 2.24) is 19.5 Å². The number of fused-ring (bicyclic) bond motifs is 1. The molecular formula is C12H17N5O4. The third kappa shape index (κ3) is 2.14. The molecule has 21 heavy (non-hydrogen) atoms. The predicted octanol–water partition coefficient (Wildman–Crippen LogP) is -0.866. The number of aliphatic hydroxyl groups is 2. The van der Waals surface area contributed by atoms with Crippen molar-refractivity contribution in [3.8, 4) is 0 Å². The maximum absolute atomic E-state index is 10.1. The molecule has 2 aromatic rings. The van der Waals surface area contributed by atoms with Crippen LogP contribution in [0.15, 0.2) is 12.7 Å². The van der Waals surface area contributed by atoms with E-state index in [1.54, 1.807) is 17.9 Å². The van der Waals surface area contributed by atoms with Crippen LogP contribution in [0.5, 0.6) is 0 Å². The van der Waals surface area contributed by atoms with Crippen molar-refractivity contribution in [2.45, 2.75) is 24.5 Å². The zero-order valence-corrected chi connectivity index (χ0v) is 11.7. The molecule has 1 saturated heterocycles. The zero-order chi connectivity index (χ0) is 15.0. The standard InChI is InChI=1S/C12H17N5O4/c1-13-10-7-11(15-4-14-10)17(5-16-7)12-9(20-2)8(19)6(3-18)21-12/h4-6,8-9,12,18-19H,3H2,1-2H3,(H,13,14,15)/t6-,8+,9-,12-/m1/s1. The molecule has 4 atom stereocenters. The average Bonchev–Trinajstić information content (AvgIpc) is 3.07. The third-order valence-corrected chi connectivity index (χ3v) is 3.63. The van der Waals surface area contributed by atoms with Crippen LogP contribution in [0.4, 0.5) is 5.82 Å². The average molecular weight is 295 g/mol. The highest BCUT2D eigenvalue weighted by Gasteiger charge is 2.45. The minimum absolute atomic E-state index is 0.291. The lowest BCUT2D eigenvalue weighted by atomic mass is 10.1. The molecule has 1 fully saturated rings.